The van der Waals surface area contributed by atoms with Gasteiger partial charge >= 0.3 is 0 Å². The zero-order valence-electron chi connectivity index (χ0n) is 17.5. The number of benzene rings is 1. The molecule has 1 aromatic carbocycles. The van der Waals surface area contributed by atoms with Gasteiger partial charge in [-0.25, -0.2) is 0 Å². The summed E-state index contributed by atoms with van der Waals surface area (Å²) in [6.45, 7) is 3.84. The van der Waals surface area contributed by atoms with Crippen molar-refractivity contribution < 1.29 is 9.47 Å². The van der Waals surface area contributed by atoms with Crippen LogP contribution in [0.5, 0.6) is 11.5 Å². The van der Waals surface area contributed by atoms with Gasteiger partial charge in [0.25, 0.3) is 0 Å². The summed E-state index contributed by atoms with van der Waals surface area (Å²) in [5.74, 6) is -0.552. The Balaban J connectivity index is 2.19. The molecule has 1 aliphatic heterocycles. The summed E-state index contributed by atoms with van der Waals surface area (Å²) in [5, 5.41) is 38.6. The molecule has 1 N–H and O–H groups in total. The lowest BCUT2D eigenvalue weighted by atomic mass is 9.54. The Morgan fingerprint density at radius 1 is 1.23 bits per heavy atom. The summed E-state index contributed by atoms with van der Waals surface area (Å²) in [6.07, 6.45) is 2.83. The number of rotatable bonds is 5. The minimum atomic E-state index is -1.72. The van der Waals surface area contributed by atoms with Gasteiger partial charge in [-0.3, -0.25) is 0 Å². The molecule has 7 nitrogen and oxygen atoms in total. The first-order valence-electron chi connectivity index (χ1n) is 9.97. The van der Waals surface area contributed by atoms with Crippen molar-refractivity contribution in [3.8, 4) is 29.7 Å². The smallest absolute Gasteiger partial charge is 0.189 e. The molecule has 0 spiro atoms. The van der Waals surface area contributed by atoms with E-state index in [4.69, 9.17) is 14.9 Å². The second kappa shape index (κ2) is 8.57. The molecule has 1 unspecified atom stereocenters. The van der Waals surface area contributed by atoms with Gasteiger partial charge in [0.2, 0.25) is 0 Å². The predicted octanol–water partition coefficient (Wildman–Crippen LogP) is 3.26. The minimum absolute atomic E-state index is 0.141. The Bertz CT molecular complexity index is 980. The number of hydrogen-bond donors (Lipinski definition) is 1. The first-order chi connectivity index (χ1) is 14.5. The van der Waals surface area contributed by atoms with Crippen molar-refractivity contribution in [3.05, 3.63) is 35.4 Å². The number of fused-ring (bicyclic) bond motifs is 1. The first-order valence-corrected chi connectivity index (χ1v) is 9.97. The lowest BCUT2D eigenvalue weighted by Gasteiger charge is -2.47. The Morgan fingerprint density at radius 3 is 2.57 bits per heavy atom. The molecular formula is C23H25N5O2. The van der Waals surface area contributed by atoms with Crippen molar-refractivity contribution >= 4 is 5.71 Å². The Hall–Kier alpha value is -3.34. The van der Waals surface area contributed by atoms with Gasteiger partial charge in [-0.05, 0) is 36.7 Å². The fraction of sp³-hybridized carbons (Fsp3) is 0.478. The molecule has 3 rings (SSSR count). The van der Waals surface area contributed by atoms with Crippen LogP contribution in [0.3, 0.4) is 0 Å². The number of likely N-dealkylation sites (N-methyl/N-ethyl adjacent to an activating group) is 1. The van der Waals surface area contributed by atoms with Gasteiger partial charge in [-0.1, -0.05) is 19.1 Å². The summed E-state index contributed by atoms with van der Waals surface area (Å²) in [5.41, 5.74) is -0.308. The van der Waals surface area contributed by atoms with Gasteiger partial charge in [0.15, 0.2) is 16.9 Å². The van der Waals surface area contributed by atoms with Crippen LogP contribution in [0.1, 0.15) is 24.8 Å². The number of ether oxygens (including phenoxy) is 2. The van der Waals surface area contributed by atoms with Gasteiger partial charge in [0.05, 0.1) is 37.6 Å². The molecule has 1 aromatic rings. The normalized spacial score (nSPS) is 25.1. The monoisotopic (exact) mass is 403 g/mol. The maximum Gasteiger partial charge on any atom is 0.189 e. The molecule has 30 heavy (non-hydrogen) atoms. The highest BCUT2D eigenvalue weighted by Gasteiger charge is 2.57. The largest absolute Gasteiger partial charge is 0.493 e. The molecule has 0 amide bonds. The summed E-state index contributed by atoms with van der Waals surface area (Å²) < 4.78 is 11.3. The van der Waals surface area contributed by atoms with Crippen molar-refractivity contribution in [3.63, 3.8) is 0 Å². The highest BCUT2D eigenvalue weighted by molar-refractivity contribution is 6.00. The van der Waals surface area contributed by atoms with Crippen LogP contribution in [0, 0.1) is 56.7 Å². The van der Waals surface area contributed by atoms with Crippen LogP contribution in [-0.4, -0.2) is 44.5 Å². The topological polar surface area (TPSA) is 117 Å². The zero-order chi connectivity index (χ0) is 21.9. The van der Waals surface area contributed by atoms with E-state index >= 15 is 0 Å². The lowest BCUT2D eigenvalue weighted by molar-refractivity contribution is 0.234. The molecule has 0 bridgehead atoms. The summed E-state index contributed by atoms with van der Waals surface area (Å²) in [6, 6.07) is 11.8. The zero-order valence-corrected chi connectivity index (χ0v) is 17.5. The van der Waals surface area contributed by atoms with E-state index in [0.29, 0.717) is 31.2 Å². The molecule has 1 heterocycles. The van der Waals surface area contributed by atoms with E-state index in [2.05, 4.69) is 23.1 Å². The molecule has 1 saturated carbocycles. The third kappa shape index (κ3) is 3.30. The molecule has 2 aliphatic rings. The Morgan fingerprint density at radius 2 is 1.97 bits per heavy atom. The quantitative estimate of drug-likeness (QED) is 0.754. The van der Waals surface area contributed by atoms with Crippen LogP contribution in [0.2, 0.25) is 0 Å². The van der Waals surface area contributed by atoms with Crippen molar-refractivity contribution in [2.75, 3.05) is 33.9 Å². The summed E-state index contributed by atoms with van der Waals surface area (Å²) in [4.78, 5) is 2.10. The predicted molar refractivity (Wildman–Crippen MR) is 111 cm³/mol. The van der Waals surface area contributed by atoms with E-state index in [1.807, 2.05) is 26.1 Å². The highest BCUT2D eigenvalue weighted by Crippen LogP contribution is 2.54. The van der Waals surface area contributed by atoms with Crippen molar-refractivity contribution in [1.82, 2.24) is 4.90 Å². The number of hydrogen-bond acceptors (Lipinski definition) is 7. The maximum atomic E-state index is 10.1. The minimum Gasteiger partial charge on any atom is -0.493 e. The standard InChI is InChI=1S/C23H25N5O2/c1-4-9-30-19-6-5-15(10-20(19)29-3)21-18-12-28(2)8-7-16(18)17(11-24)22(27)23(21,13-25)14-26/h5-7,10,17-18,21,27H,4,8-9,12H2,1-3H3/t17?,18-,21+/m0/s1. The van der Waals surface area contributed by atoms with Crippen LogP contribution < -0.4 is 9.47 Å². The summed E-state index contributed by atoms with van der Waals surface area (Å²) >= 11 is 0. The van der Waals surface area contributed by atoms with E-state index < -0.39 is 17.3 Å². The number of nitrogens with zero attached hydrogens (tertiary/aromatic N) is 4. The van der Waals surface area contributed by atoms with Crippen LogP contribution in [0.25, 0.3) is 0 Å². The molecule has 7 heteroatoms. The second-order valence-corrected chi connectivity index (χ2v) is 7.78. The second-order valence-electron chi connectivity index (χ2n) is 7.78. The Kier molecular flexibility index (Phi) is 6.11. The molecule has 3 atom stereocenters. The molecule has 0 aromatic heterocycles. The molecule has 154 valence electrons. The van der Waals surface area contributed by atoms with E-state index in [1.165, 1.54) is 0 Å². The highest BCUT2D eigenvalue weighted by atomic mass is 16.5. The van der Waals surface area contributed by atoms with Crippen molar-refractivity contribution in [2.45, 2.75) is 19.3 Å². The average molecular weight is 403 g/mol. The van der Waals surface area contributed by atoms with Crippen molar-refractivity contribution in [2.24, 2.45) is 17.3 Å². The van der Waals surface area contributed by atoms with Crippen LogP contribution in [0.4, 0.5) is 0 Å². The van der Waals surface area contributed by atoms with Crippen LogP contribution in [-0.2, 0) is 0 Å². The fourth-order valence-corrected chi connectivity index (χ4v) is 4.54. The van der Waals surface area contributed by atoms with Gasteiger partial charge in [-0.15, -0.1) is 0 Å². The molecule has 0 radical (unpaired) electrons. The Labute approximate surface area is 177 Å². The lowest BCUT2D eigenvalue weighted by Crippen LogP contribution is -2.52. The van der Waals surface area contributed by atoms with Crippen molar-refractivity contribution in [1.29, 1.82) is 21.2 Å². The SMILES string of the molecule is CCCOc1ccc([C@@H]2[C@H]3CN(C)CC=C3C(C#N)C(=N)C2(C#N)C#N)cc1OC. The van der Waals surface area contributed by atoms with E-state index in [9.17, 15) is 15.8 Å². The third-order valence-electron chi connectivity index (χ3n) is 5.98. The van der Waals surface area contributed by atoms with Crippen LogP contribution >= 0.6 is 0 Å². The number of methoxy groups -OCH3 is 1. The first kappa shape index (κ1) is 21.4. The number of nitriles is 3. The average Bonchev–Trinajstić information content (AvgIpc) is 2.77. The van der Waals surface area contributed by atoms with Gasteiger partial charge in [0.1, 0.15) is 5.92 Å². The number of nitrogens with one attached hydrogen (secondary N) is 1. The van der Waals surface area contributed by atoms with Gasteiger partial charge < -0.3 is 19.8 Å². The molecule has 0 saturated heterocycles. The van der Waals surface area contributed by atoms with E-state index in [0.717, 1.165) is 17.6 Å². The molecule has 1 fully saturated rings. The summed E-state index contributed by atoms with van der Waals surface area (Å²) in [7, 11) is 3.52. The van der Waals surface area contributed by atoms with Gasteiger partial charge in [-0.2, -0.15) is 15.8 Å². The third-order valence-corrected chi connectivity index (χ3v) is 5.98. The fourth-order valence-electron chi connectivity index (χ4n) is 4.54. The van der Waals surface area contributed by atoms with E-state index in [-0.39, 0.29) is 11.6 Å². The van der Waals surface area contributed by atoms with Gasteiger partial charge in [0, 0.05) is 24.9 Å². The molecule has 1 aliphatic carbocycles. The van der Waals surface area contributed by atoms with Crippen LogP contribution in [0.15, 0.2) is 29.8 Å². The van der Waals surface area contributed by atoms with E-state index in [1.54, 1.807) is 19.2 Å². The molecular weight excluding hydrogens is 378 g/mol. The maximum absolute atomic E-state index is 10.1.